The third-order valence-corrected chi connectivity index (χ3v) is 8.29. The third-order valence-electron chi connectivity index (χ3n) is 6.40. The Morgan fingerprint density at radius 1 is 1.06 bits per heavy atom. The smallest absolute Gasteiger partial charge is 0.243 e. The van der Waals surface area contributed by atoms with Crippen LogP contribution in [0, 0.1) is 0 Å². The highest BCUT2D eigenvalue weighted by atomic mass is 32.2. The van der Waals surface area contributed by atoms with Gasteiger partial charge in [-0.15, -0.1) is 0 Å². The summed E-state index contributed by atoms with van der Waals surface area (Å²) in [7, 11) is -0.891. The molecule has 32 heavy (non-hydrogen) atoms. The predicted molar refractivity (Wildman–Crippen MR) is 124 cm³/mol. The Hall–Kier alpha value is -2.06. The number of carbonyl (C=O) groups excluding carboxylic acids is 1. The van der Waals surface area contributed by atoms with Gasteiger partial charge in [-0.2, -0.15) is 4.31 Å². The zero-order chi connectivity index (χ0) is 23.0. The molecule has 0 heterocycles. The fourth-order valence-electron chi connectivity index (χ4n) is 4.58. The maximum absolute atomic E-state index is 13.6. The molecule has 0 spiro atoms. The van der Waals surface area contributed by atoms with Crippen molar-refractivity contribution in [3.8, 4) is 11.5 Å². The van der Waals surface area contributed by atoms with E-state index in [2.05, 4.69) is 11.4 Å². The summed E-state index contributed by atoms with van der Waals surface area (Å²) >= 11 is 0. The van der Waals surface area contributed by atoms with E-state index in [9.17, 15) is 13.2 Å². The molecule has 0 unspecified atom stereocenters. The number of nitrogens with one attached hydrogen (secondary N) is 1. The zero-order valence-corrected chi connectivity index (χ0v) is 20.1. The number of sulfonamides is 1. The van der Waals surface area contributed by atoms with E-state index < -0.39 is 10.0 Å². The second kappa shape index (κ2) is 11.7. The van der Waals surface area contributed by atoms with Crippen LogP contribution >= 0.6 is 0 Å². The van der Waals surface area contributed by atoms with Crippen LogP contribution in [-0.4, -0.2) is 52.0 Å². The fraction of sp³-hybridized carbons (Fsp3) is 0.625. The van der Waals surface area contributed by atoms with Crippen LogP contribution in [-0.2, 0) is 14.8 Å². The molecular weight excluding hydrogens is 428 g/mol. The minimum absolute atomic E-state index is 0.112. The van der Waals surface area contributed by atoms with Crippen LogP contribution in [0.25, 0.3) is 0 Å². The minimum Gasteiger partial charge on any atom is -0.493 e. The molecule has 0 aliphatic heterocycles. The van der Waals surface area contributed by atoms with Crippen molar-refractivity contribution in [2.24, 2.45) is 0 Å². The molecule has 1 amide bonds. The molecule has 2 aliphatic rings. The Bertz CT molecular complexity index is 907. The van der Waals surface area contributed by atoms with Crippen molar-refractivity contribution in [1.82, 2.24) is 9.62 Å². The van der Waals surface area contributed by atoms with Crippen molar-refractivity contribution >= 4 is 15.9 Å². The van der Waals surface area contributed by atoms with E-state index in [1.807, 2.05) is 0 Å². The first kappa shape index (κ1) is 24.6. The van der Waals surface area contributed by atoms with Crippen LogP contribution in [0.3, 0.4) is 0 Å². The lowest BCUT2D eigenvalue weighted by atomic mass is 9.95. The average molecular weight is 465 g/mol. The lowest BCUT2D eigenvalue weighted by Gasteiger charge is -2.33. The number of rotatable bonds is 10. The topological polar surface area (TPSA) is 84.9 Å². The minimum atomic E-state index is -3.87. The highest BCUT2D eigenvalue weighted by molar-refractivity contribution is 7.89. The summed E-state index contributed by atoms with van der Waals surface area (Å²) in [4.78, 5) is 12.9. The van der Waals surface area contributed by atoms with E-state index in [4.69, 9.17) is 9.47 Å². The van der Waals surface area contributed by atoms with Gasteiger partial charge in [-0.3, -0.25) is 4.79 Å². The lowest BCUT2D eigenvalue weighted by Crippen LogP contribution is -2.47. The van der Waals surface area contributed by atoms with E-state index >= 15 is 0 Å². The third kappa shape index (κ3) is 6.25. The number of amides is 1. The van der Waals surface area contributed by atoms with E-state index in [-0.39, 0.29) is 23.4 Å². The number of hydrogen-bond acceptors (Lipinski definition) is 5. The van der Waals surface area contributed by atoms with Gasteiger partial charge in [0.1, 0.15) is 0 Å². The molecule has 0 radical (unpaired) electrons. The van der Waals surface area contributed by atoms with Gasteiger partial charge in [0.2, 0.25) is 15.9 Å². The summed E-state index contributed by atoms with van der Waals surface area (Å²) in [5, 5.41) is 2.93. The van der Waals surface area contributed by atoms with Crippen molar-refractivity contribution < 1.29 is 22.7 Å². The maximum Gasteiger partial charge on any atom is 0.243 e. The second-order valence-corrected chi connectivity index (χ2v) is 10.5. The molecule has 7 nitrogen and oxygen atoms in total. The van der Waals surface area contributed by atoms with Crippen LogP contribution in [0.2, 0.25) is 0 Å². The quantitative estimate of drug-likeness (QED) is 0.529. The van der Waals surface area contributed by atoms with Gasteiger partial charge in [0.25, 0.3) is 0 Å². The van der Waals surface area contributed by atoms with E-state index in [0.717, 1.165) is 51.4 Å². The number of hydrogen-bond donors (Lipinski definition) is 1. The van der Waals surface area contributed by atoms with Crippen molar-refractivity contribution in [2.45, 2.75) is 75.1 Å². The largest absolute Gasteiger partial charge is 0.493 e. The molecule has 0 saturated heterocycles. The molecule has 1 saturated carbocycles. The van der Waals surface area contributed by atoms with Crippen molar-refractivity contribution in [1.29, 1.82) is 0 Å². The molecule has 0 bridgehead atoms. The van der Waals surface area contributed by atoms with Crippen molar-refractivity contribution in [3.63, 3.8) is 0 Å². The molecule has 1 fully saturated rings. The Balaban J connectivity index is 1.74. The lowest BCUT2D eigenvalue weighted by molar-refractivity contribution is -0.121. The fourth-order valence-corrected chi connectivity index (χ4v) is 6.24. The predicted octanol–water partition coefficient (Wildman–Crippen LogP) is 4.03. The summed E-state index contributed by atoms with van der Waals surface area (Å²) in [6.07, 6.45) is 12.3. The van der Waals surface area contributed by atoms with Crippen LogP contribution < -0.4 is 14.8 Å². The highest BCUT2D eigenvalue weighted by Crippen LogP contribution is 2.33. The molecule has 8 heteroatoms. The van der Waals surface area contributed by atoms with Crippen LogP contribution in [0.1, 0.15) is 64.2 Å². The van der Waals surface area contributed by atoms with Gasteiger partial charge >= 0.3 is 0 Å². The SMILES string of the molecule is COc1ccc(S(=O)(=O)N(CC(=O)NCCC2=CCCCC2)C2CCCCC2)cc1OC. The molecular formula is C24H36N2O5S. The van der Waals surface area contributed by atoms with E-state index in [1.54, 1.807) is 6.07 Å². The Labute approximate surface area is 192 Å². The van der Waals surface area contributed by atoms with Gasteiger partial charge in [-0.05, 0) is 57.1 Å². The number of allylic oxidation sites excluding steroid dienone is 1. The molecule has 3 rings (SSSR count). The summed E-state index contributed by atoms with van der Waals surface area (Å²) in [6, 6.07) is 4.40. The Morgan fingerprint density at radius 3 is 2.47 bits per heavy atom. The first-order chi connectivity index (χ1) is 15.5. The van der Waals surface area contributed by atoms with Crippen LogP contribution in [0.15, 0.2) is 34.7 Å². The average Bonchev–Trinajstić information content (AvgIpc) is 2.83. The van der Waals surface area contributed by atoms with Crippen LogP contribution in [0.5, 0.6) is 11.5 Å². The Morgan fingerprint density at radius 2 is 1.81 bits per heavy atom. The molecule has 1 aromatic carbocycles. The molecule has 0 aromatic heterocycles. The summed E-state index contributed by atoms with van der Waals surface area (Å²) in [5.41, 5.74) is 1.39. The van der Waals surface area contributed by atoms with Gasteiger partial charge in [0, 0.05) is 18.7 Å². The van der Waals surface area contributed by atoms with Gasteiger partial charge in [0.15, 0.2) is 11.5 Å². The van der Waals surface area contributed by atoms with Crippen molar-refractivity contribution in [3.05, 3.63) is 29.8 Å². The standard InChI is InChI=1S/C24H36N2O5S/c1-30-22-14-13-21(17-23(22)31-2)32(28,29)26(20-11-7-4-8-12-20)18-24(27)25-16-15-19-9-5-3-6-10-19/h9,13-14,17,20H,3-8,10-12,15-16,18H2,1-2H3,(H,25,27). The number of benzene rings is 1. The number of nitrogens with zero attached hydrogens (tertiary/aromatic N) is 1. The summed E-state index contributed by atoms with van der Waals surface area (Å²) in [6.45, 7) is 0.375. The molecule has 0 atom stereocenters. The van der Waals surface area contributed by atoms with Gasteiger partial charge in [0.05, 0.1) is 25.7 Å². The van der Waals surface area contributed by atoms with E-state index in [0.29, 0.717) is 18.0 Å². The number of carbonyl (C=O) groups is 1. The molecule has 178 valence electrons. The monoisotopic (exact) mass is 464 g/mol. The van der Waals surface area contributed by atoms with Gasteiger partial charge in [-0.25, -0.2) is 8.42 Å². The van der Waals surface area contributed by atoms with E-state index in [1.165, 1.54) is 49.1 Å². The molecule has 1 N–H and O–H groups in total. The second-order valence-electron chi connectivity index (χ2n) is 8.57. The normalized spacial score (nSPS) is 17.7. The van der Waals surface area contributed by atoms with Crippen LogP contribution in [0.4, 0.5) is 0 Å². The first-order valence-corrected chi connectivity index (χ1v) is 13.1. The number of ether oxygens (including phenoxy) is 2. The summed E-state index contributed by atoms with van der Waals surface area (Å²) in [5.74, 6) is 0.559. The molecule has 2 aliphatic carbocycles. The first-order valence-electron chi connectivity index (χ1n) is 11.6. The number of methoxy groups -OCH3 is 2. The molecule has 1 aromatic rings. The van der Waals surface area contributed by atoms with Gasteiger partial charge in [-0.1, -0.05) is 30.9 Å². The highest BCUT2D eigenvalue weighted by Gasteiger charge is 2.34. The van der Waals surface area contributed by atoms with Gasteiger partial charge < -0.3 is 14.8 Å². The Kier molecular flexibility index (Phi) is 8.99. The maximum atomic E-state index is 13.6. The van der Waals surface area contributed by atoms with Crippen molar-refractivity contribution in [2.75, 3.05) is 27.3 Å². The zero-order valence-electron chi connectivity index (χ0n) is 19.3. The summed E-state index contributed by atoms with van der Waals surface area (Å²) < 4.78 is 39.1.